The SMILES string of the molecule is CCOC(=O)C1(CCO[P@]2(=O)OC[C@H]3O[C@@H](N4C=CC(=O)CC4=O)[C@](C)(N)[C@@H]3O2)CC1. The second-order valence-electron chi connectivity index (χ2n) is 8.51. The number of phosphoric ester groups is 1. The first-order chi connectivity index (χ1) is 14.6. The summed E-state index contributed by atoms with van der Waals surface area (Å²) in [6, 6.07) is 0. The zero-order valence-electron chi connectivity index (χ0n) is 17.5. The summed E-state index contributed by atoms with van der Waals surface area (Å²) in [5.74, 6) is -1.02. The third kappa shape index (κ3) is 4.22. The van der Waals surface area contributed by atoms with Crippen molar-refractivity contribution in [2.24, 2.45) is 11.1 Å². The second-order valence-corrected chi connectivity index (χ2v) is 10.1. The molecule has 1 aliphatic carbocycles. The van der Waals surface area contributed by atoms with E-state index in [1.54, 1.807) is 13.8 Å². The van der Waals surface area contributed by atoms with Crippen LogP contribution in [-0.2, 0) is 42.0 Å². The number of amides is 1. The van der Waals surface area contributed by atoms with Crippen molar-refractivity contribution in [2.45, 2.75) is 63.5 Å². The highest BCUT2D eigenvalue weighted by Crippen LogP contribution is 2.58. The van der Waals surface area contributed by atoms with Crippen molar-refractivity contribution in [3.05, 3.63) is 12.3 Å². The van der Waals surface area contributed by atoms with Gasteiger partial charge in [-0.15, -0.1) is 0 Å². The van der Waals surface area contributed by atoms with E-state index in [-0.39, 0.29) is 31.4 Å². The van der Waals surface area contributed by atoms with Crippen LogP contribution in [0.25, 0.3) is 0 Å². The van der Waals surface area contributed by atoms with Gasteiger partial charge in [-0.3, -0.25) is 32.9 Å². The fourth-order valence-corrected chi connectivity index (χ4v) is 5.58. The van der Waals surface area contributed by atoms with Gasteiger partial charge in [0.2, 0.25) is 5.91 Å². The van der Waals surface area contributed by atoms with E-state index in [1.807, 2.05) is 0 Å². The van der Waals surface area contributed by atoms with E-state index in [9.17, 15) is 18.9 Å². The summed E-state index contributed by atoms with van der Waals surface area (Å²) in [4.78, 5) is 37.0. The van der Waals surface area contributed by atoms with Gasteiger partial charge in [-0.2, -0.15) is 0 Å². The molecular formula is C19H27N2O9P. The van der Waals surface area contributed by atoms with Crippen molar-refractivity contribution < 1.29 is 42.0 Å². The van der Waals surface area contributed by atoms with Crippen LogP contribution in [0.5, 0.6) is 0 Å². The summed E-state index contributed by atoms with van der Waals surface area (Å²) in [7, 11) is -3.95. The van der Waals surface area contributed by atoms with Crippen LogP contribution in [0.2, 0.25) is 0 Å². The maximum absolute atomic E-state index is 13.0. The highest BCUT2D eigenvalue weighted by molar-refractivity contribution is 7.48. The van der Waals surface area contributed by atoms with Crippen LogP contribution in [0.15, 0.2) is 12.3 Å². The molecule has 0 bridgehead atoms. The second kappa shape index (κ2) is 8.06. The normalized spacial score (nSPS) is 38.8. The van der Waals surface area contributed by atoms with Gasteiger partial charge in [-0.05, 0) is 39.2 Å². The molecule has 0 radical (unpaired) electrons. The molecule has 4 rings (SSSR count). The number of hydrogen-bond donors (Lipinski definition) is 1. The molecule has 1 saturated carbocycles. The van der Waals surface area contributed by atoms with Crippen molar-refractivity contribution in [3.63, 3.8) is 0 Å². The predicted octanol–water partition coefficient (Wildman–Crippen LogP) is 1.02. The first-order valence-corrected chi connectivity index (χ1v) is 11.8. The van der Waals surface area contributed by atoms with Crippen LogP contribution < -0.4 is 5.73 Å². The van der Waals surface area contributed by atoms with Gasteiger partial charge in [-0.25, -0.2) is 4.57 Å². The molecule has 3 aliphatic heterocycles. The number of nitrogens with two attached hydrogens (primary N) is 1. The molecule has 0 unspecified atom stereocenters. The van der Waals surface area contributed by atoms with E-state index in [0.717, 1.165) is 0 Å². The number of fused-ring (bicyclic) bond motifs is 1. The van der Waals surface area contributed by atoms with Crippen molar-refractivity contribution >= 4 is 25.5 Å². The van der Waals surface area contributed by atoms with Gasteiger partial charge in [0.25, 0.3) is 0 Å². The maximum Gasteiger partial charge on any atom is 0.475 e. The van der Waals surface area contributed by atoms with Crippen molar-refractivity contribution in [1.29, 1.82) is 0 Å². The topological polar surface area (TPSA) is 144 Å². The summed E-state index contributed by atoms with van der Waals surface area (Å²) in [6.07, 6.45) is 1.63. The standard InChI is InChI=1S/C19H27N2O9P/c1-3-26-17(24)19(5-6-19)7-9-27-31(25)28-11-13-15(30-31)18(2,20)16(29-13)21-8-4-12(22)10-14(21)23/h4,8,13,15-16H,3,5-7,9-11,20H2,1-2H3/t13-,15-,16-,18-,31-/m1/s1. The molecule has 11 nitrogen and oxygen atoms in total. The van der Waals surface area contributed by atoms with E-state index in [4.69, 9.17) is 28.8 Å². The number of carbonyl (C=O) groups excluding carboxylic acids is 3. The molecule has 1 amide bonds. The smallest absolute Gasteiger partial charge is 0.466 e. The Hall–Kier alpha value is -1.62. The highest BCUT2D eigenvalue weighted by atomic mass is 31.2. The largest absolute Gasteiger partial charge is 0.475 e. The monoisotopic (exact) mass is 458 g/mol. The molecule has 0 aromatic rings. The van der Waals surface area contributed by atoms with Crippen molar-refractivity contribution in [2.75, 3.05) is 19.8 Å². The van der Waals surface area contributed by atoms with E-state index in [1.165, 1.54) is 17.2 Å². The zero-order valence-corrected chi connectivity index (χ0v) is 18.4. The fraction of sp³-hybridized carbons (Fsp3) is 0.737. The molecule has 0 spiro atoms. The first kappa shape index (κ1) is 22.6. The Morgan fingerprint density at radius 2 is 2.13 bits per heavy atom. The number of nitrogens with zero attached hydrogens (tertiary/aromatic N) is 1. The van der Waals surface area contributed by atoms with Gasteiger partial charge < -0.3 is 15.2 Å². The molecule has 0 aromatic heterocycles. The molecule has 12 heteroatoms. The van der Waals surface area contributed by atoms with E-state index >= 15 is 0 Å². The average molecular weight is 458 g/mol. The summed E-state index contributed by atoms with van der Waals surface area (Å²) < 4.78 is 40.4. The Morgan fingerprint density at radius 1 is 1.39 bits per heavy atom. The number of allylic oxidation sites excluding steroid dienone is 1. The lowest BCUT2D eigenvalue weighted by molar-refractivity contribution is -0.150. The van der Waals surface area contributed by atoms with Crippen LogP contribution in [0.4, 0.5) is 0 Å². The maximum atomic E-state index is 13.0. The minimum Gasteiger partial charge on any atom is -0.466 e. The number of phosphoric acid groups is 1. The lowest BCUT2D eigenvalue weighted by Crippen LogP contribution is -2.60. The molecule has 3 fully saturated rings. The van der Waals surface area contributed by atoms with Crippen LogP contribution in [-0.4, -0.2) is 66.4 Å². The molecule has 5 atom stereocenters. The number of hydrogen-bond acceptors (Lipinski definition) is 10. The predicted molar refractivity (Wildman–Crippen MR) is 104 cm³/mol. The van der Waals surface area contributed by atoms with E-state index < -0.39 is 43.1 Å². The molecule has 3 heterocycles. The summed E-state index contributed by atoms with van der Waals surface area (Å²) in [5, 5.41) is 0. The minimum atomic E-state index is -3.95. The Morgan fingerprint density at radius 3 is 2.77 bits per heavy atom. The lowest BCUT2D eigenvalue weighted by atomic mass is 9.92. The third-order valence-electron chi connectivity index (χ3n) is 6.11. The summed E-state index contributed by atoms with van der Waals surface area (Å²) >= 11 is 0. The molecule has 2 saturated heterocycles. The van der Waals surface area contributed by atoms with Gasteiger partial charge in [0.1, 0.15) is 12.2 Å². The molecule has 31 heavy (non-hydrogen) atoms. The number of ketones is 1. The Bertz CT molecular complexity index is 853. The van der Waals surface area contributed by atoms with Gasteiger partial charge in [0.15, 0.2) is 12.0 Å². The molecule has 2 N–H and O–H groups in total. The highest BCUT2D eigenvalue weighted by Gasteiger charge is 2.60. The molecular weight excluding hydrogens is 431 g/mol. The number of esters is 1. The van der Waals surface area contributed by atoms with Gasteiger partial charge in [0, 0.05) is 6.20 Å². The minimum absolute atomic E-state index is 0.00545. The Labute approximate surface area is 179 Å². The van der Waals surface area contributed by atoms with Crippen LogP contribution >= 0.6 is 7.82 Å². The Kier molecular flexibility index (Phi) is 5.87. The van der Waals surface area contributed by atoms with Crippen molar-refractivity contribution in [3.8, 4) is 0 Å². The quantitative estimate of drug-likeness (QED) is 0.333. The van der Waals surface area contributed by atoms with E-state index in [2.05, 4.69) is 0 Å². The fourth-order valence-electron chi connectivity index (χ4n) is 4.10. The molecule has 4 aliphatic rings. The Balaban J connectivity index is 1.39. The number of ether oxygens (including phenoxy) is 2. The van der Waals surface area contributed by atoms with Gasteiger partial charge in [0.05, 0.1) is 37.2 Å². The first-order valence-electron chi connectivity index (χ1n) is 10.3. The lowest BCUT2D eigenvalue weighted by Gasteiger charge is -2.38. The number of rotatable bonds is 7. The van der Waals surface area contributed by atoms with E-state index in [0.29, 0.717) is 25.9 Å². The van der Waals surface area contributed by atoms with Crippen LogP contribution in [0.3, 0.4) is 0 Å². The van der Waals surface area contributed by atoms with Crippen LogP contribution in [0.1, 0.15) is 39.5 Å². The number of carbonyl (C=O) groups is 3. The summed E-state index contributed by atoms with van der Waals surface area (Å²) in [5.41, 5.74) is 4.62. The molecule has 0 aromatic carbocycles. The van der Waals surface area contributed by atoms with Crippen molar-refractivity contribution in [1.82, 2.24) is 4.90 Å². The summed E-state index contributed by atoms with van der Waals surface area (Å²) in [6.45, 7) is 3.56. The zero-order chi connectivity index (χ0) is 22.4. The van der Waals surface area contributed by atoms with Gasteiger partial charge in [-0.1, -0.05) is 0 Å². The van der Waals surface area contributed by atoms with Crippen LogP contribution in [0, 0.1) is 5.41 Å². The third-order valence-corrected chi connectivity index (χ3v) is 7.55. The molecule has 172 valence electrons. The average Bonchev–Trinajstić information content (AvgIpc) is 3.44. The van der Waals surface area contributed by atoms with Gasteiger partial charge >= 0.3 is 13.8 Å².